The molecule has 0 aliphatic rings. The van der Waals surface area contributed by atoms with Gasteiger partial charge in [0.05, 0.1) is 4.90 Å². The van der Waals surface area contributed by atoms with Gasteiger partial charge in [0.1, 0.15) is 0 Å². The number of hydrogen-bond donors (Lipinski definition) is 2. The van der Waals surface area contributed by atoms with E-state index in [-0.39, 0.29) is 10.8 Å². The zero-order chi connectivity index (χ0) is 21.4. The van der Waals surface area contributed by atoms with Crippen LogP contribution in [0.25, 0.3) is 0 Å². The summed E-state index contributed by atoms with van der Waals surface area (Å²) in [5, 5.41) is 2.88. The topological polar surface area (TPSA) is 78.5 Å². The molecule has 0 aliphatic carbocycles. The molecule has 0 radical (unpaired) electrons. The molecule has 3 rings (SSSR count). The SMILES string of the molecule is CN(CCNC(=O)c1cccc(NS(=O)(=O)c2ccccc2)c1)Cc1ccccc1. The highest BCUT2D eigenvalue weighted by Gasteiger charge is 2.14. The van der Waals surface area contributed by atoms with Crippen LogP contribution in [0.15, 0.2) is 89.8 Å². The standard InChI is InChI=1S/C23H25N3O3S/c1-26(18-19-9-4-2-5-10-19)16-15-24-23(27)20-11-8-12-21(17-20)25-30(28,29)22-13-6-3-7-14-22/h2-14,17,25H,15-16,18H2,1H3,(H,24,27). The van der Waals surface area contributed by atoms with Gasteiger partial charge in [-0.1, -0.05) is 54.6 Å². The first kappa shape index (κ1) is 21.5. The van der Waals surface area contributed by atoms with E-state index in [1.807, 2.05) is 25.2 Å². The van der Waals surface area contributed by atoms with Crippen molar-refractivity contribution in [2.45, 2.75) is 11.4 Å². The van der Waals surface area contributed by atoms with Crippen LogP contribution in [0.4, 0.5) is 5.69 Å². The highest BCUT2D eigenvalue weighted by molar-refractivity contribution is 7.92. The molecule has 0 bridgehead atoms. The van der Waals surface area contributed by atoms with Gasteiger partial charge in [0.15, 0.2) is 0 Å². The number of likely N-dealkylation sites (N-methyl/N-ethyl adjacent to an activating group) is 1. The summed E-state index contributed by atoms with van der Waals surface area (Å²) in [6.07, 6.45) is 0. The Balaban J connectivity index is 1.54. The number of amides is 1. The van der Waals surface area contributed by atoms with E-state index in [9.17, 15) is 13.2 Å². The van der Waals surface area contributed by atoms with Gasteiger partial charge in [-0.3, -0.25) is 9.52 Å². The Hall–Kier alpha value is -3.16. The lowest BCUT2D eigenvalue weighted by Gasteiger charge is -2.17. The van der Waals surface area contributed by atoms with Crippen LogP contribution in [0.1, 0.15) is 15.9 Å². The van der Waals surface area contributed by atoms with Crippen molar-refractivity contribution in [3.8, 4) is 0 Å². The lowest BCUT2D eigenvalue weighted by Crippen LogP contribution is -2.32. The second-order valence-electron chi connectivity index (χ2n) is 6.98. The van der Waals surface area contributed by atoms with Crippen molar-refractivity contribution in [1.29, 1.82) is 0 Å². The summed E-state index contributed by atoms with van der Waals surface area (Å²) in [6, 6.07) is 24.7. The predicted molar refractivity (Wildman–Crippen MR) is 119 cm³/mol. The van der Waals surface area contributed by atoms with Gasteiger partial charge in [-0.2, -0.15) is 0 Å². The third-order valence-corrected chi connectivity index (χ3v) is 5.90. The smallest absolute Gasteiger partial charge is 0.261 e. The summed E-state index contributed by atoms with van der Waals surface area (Å²) in [4.78, 5) is 14.8. The number of carbonyl (C=O) groups is 1. The van der Waals surface area contributed by atoms with E-state index in [0.29, 0.717) is 24.3 Å². The van der Waals surface area contributed by atoms with Crippen LogP contribution in [-0.4, -0.2) is 39.4 Å². The highest BCUT2D eigenvalue weighted by atomic mass is 32.2. The average Bonchev–Trinajstić information content (AvgIpc) is 2.75. The Bertz CT molecular complexity index is 1070. The van der Waals surface area contributed by atoms with Crippen LogP contribution in [0, 0.1) is 0 Å². The fourth-order valence-electron chi connectivity index (χ4n) is 2.97. The maximum absolute atomic E-state index is 12.5. The number of hydrogen-bond acceptors (Lipinski definition) is 4. The predicted octanol–water partition coefficient (Wildman–Crippen LogP) is 3.35. The van der Waals surface area contributed by atoms with Crippen molar-refractivity contribution in [2.75, 3.05) is 24.9 Å². The van der Waals surface area contributed by atoms with Gasteiger partial charge in [-0.25, -0.2) is 8.42 Å². The molecule has 0 saturated carbocycles. The van der Waals surface area contributed by atoms with Crippen molar-refractivity contribution < 1.29 is 13.2 Å². The molecule has 3 aromatic rings. The molecule has 6 nitrogen and oxygen atoms in total. The van der Waals surface area contributed by atoms with Crippen LogP contribution in [0.5, 0.6) is 0 Å². The van der Waals surface area contributed by atoms with E-state index in [4.69, 9.17) is 0 Å². The first-order chi connectivity index (χ1) is 14.4. The second-order valence-corrected chi connectivity index (χ2v) is 8.66. The van der Waals surface area contributed by atoms with Crippen LogP contribution in [0.3, 0.4) is 0 Å². The van der Waals surface area contributed by atoms with Crippen molar-refractivity contribution in [2.24, 2.45) is 0 Å². The van der Waals surface area contributed by atoms with E-state index < -0.39 is 10.0 Å². The lowest BCUT2D eigenvalue weighted by atomic mass is 10.2. The van der Waals surface area contributed by atoms with E-state index in [2.05, 4.69) is 27.1 Å². The molecule has 0 unspecified atom stereocenters. The fraction of sp³-hybridized carbons (Fsp3) is 0.174. The Morgan fingerprint density at radius 1 is 0.900 bits per heavy atom. The van der Waals surface area contributed by atoms with E-state index >= 15 is 0 Å². The average molecular weight is 424 g/mol. The van der Waals surface area contributed by atoms with E-state index in [1.165, 1.54) is 23.8 Å². The summed E-state index contributed by atoms with van der Waals surface area (Å²) in [5.41, 5.74) is 1.95. The van der Waals surface area contributed by atoms with Crippen molar-refractivity contribution in [1.82, 2.24) is 10.2 Å². The summed E-state index contributed by atoms with van der Waals surface area (Å²) in [5.74, 6) is -0.246. The van der Waals surface area contributed by atoms with E-state index in [1.54, 1.807) is 36.4 Å². The Kier molecular flexibility index (Phi) is 7.21. The minimum absolute atomic E-state index is 0.168. The summed E-state index contributed by atoms with van der Waals surface area (Å²) >= 11 is 0. The molecule has 0 fully saturated rings. The number of nitrogens with one attached hydrogen (secondary N) is 2. The van der Waals surface area contributed by atoms with Gasteiger partial charge in [-0.05, 0) is 42.9 Å². The zero-order valence-corrected chi connectivity index (χ0v) is 17.6. The molecular formula is C23H25N3O3S. The third kappa shape index (κ3) is 6.17. The third-order valence-electron chi connectivity index (χ3n) is 4.50. The molecule has 0 aliphatic heterocycles. The Labute approximate surface area is 177 Å². The highest BCUT2D eigenvalue weighted by Crippen LogP contribution is 2.17. The zero-order valence-electron chi connectivity index (χ0n) is 16.8. The molecule has 0 spiro atoms. The minimum atomic E-state index is -3.70. The largest absolute Gasteiger partial charge is 0.351 e. The second kappa shape index (κ2) is 10.0. The fourth-order valence-corrected chi connectivity index (χ4v) is 4.04. The summed E-state index contributed by atoms with van der Waals surface area (Å²) in [7, 11) is -1.70. The summed E-state index contributed by atoms with van der Waals surface area (Å²) in [6.45, 7) is 1.98. The molecule has 30 heavy (non-hydrogen) atoms. The maximum atomic E-state index is 12.5. The van der Waals surface area contributed by atoms with Gasteiger partial charge in [-0.15, -0.1) is 0 Å². The molecule has 0 heterocycles. The Morgan fingerprint density at radius 3 is 2.27 bits per heavy atom. The van der Waals surface area contributed by atoms with Gasteiger partial charge < -0.3 is 10.2 Å². The molecular weight excluding hydrogens is 398 g/mol. The molecule has 3 aromatic carbocycles. The summed E-state index contributed by atoms with van der Waals surface area (Å²) < 4.78 is 27.4. The van der Waals surface area contributed by atoms with Crippen molar-refractivity contribution in [3.05, 3.63) is 96.1 Å². The molecule has 0 aromatic heterocycles. The van der Waals surface area contributed by atoms with Crippen LogP contribution in [-0.2, 0) is 16.6 Å². The van der Waals surface area contributed by atoms with Gasteiger partial charge >= 0.3 is 0 Å². The number of anilines is 1. The number of benzene rings is 3. The van der Waals surface area contributed by atoms with Crippen molar-refractivity contribution >= 4 is 21.6 Å². The number of nitrogens with zero attached hydrogens (tertiary/aromatic N) is 1. The lowest BCUT2D eigenvalue weighted by molar-refractivity contribution is 0.0949. The quantitative estimate of drug-likeness (QED) is 0.553. The molecule has 0 atom stereocenters. The van der Waals surface area contributed by atoms with E-state index in [0.717, 1.165) is 6.54 Å². The molecule has 7 heteroatoms. The monoisotopic (exact) mass is 423 g/mol. The van der Waals surface area contributed by atoms with Gasteiger partial charge in [0.2, 0.25) is 0 Å². The van der Waals surface area contributed by atoms with Crippen LogP contribution < -0.4 is 10.0 Å². The van der Waals surface area contributed by atoms with Gasteiger partial charge in [0, 0.05) is 30.9 Å². The molecule has 156 valence electrons. The number of rotatable bonds is 9. The van der Waals surface area contributed by atoms with Crippen LogP contribution >= 0.6 is 0 Å². The molecule has 0 saturated heterocycles. The molecule has 2 N–H and O–H groups in total. The first-order valence-electron chi connectivity index (χ1n) is 9.63. The normalized spacial score (nSPS) is 11.3. The Morgan fingerprint density at radius 2 is 1.57 bits per heavy atom. The van der Waals surface area contributed by atoms with Crippen molar-refractivity contribution in [3.63, 3.8) is 0 Å². The minimum Gasteiger partial charge on any atom is -0.351 e. The van der Waals surface area contributed by atoms with Crippen LogP contribution in [0.2, 0.25) is 0 Å². The maximum Gasteiger partial charge on any atom is 0.261 e. The molecule has 1 amide bonds. The number of sulfonamides is 1. The first-order valence-corrected chi connectivity index (χ1v) is 11.1. The van der Waals surface area contributed by atoms with Gasteiger partial charge in [0.25, 0.3) is 15.9 Å². The number of carbonyl (C=O) groups excluding carboxylic acids is 1.